The van der Waals surface area contributed by atoms with Crippen molar-refractivity contribution < 1.29 is 13.2 Å². The molecule has 0 bridgehead atoms. The van der Waals surface area contributed by atoms with Crippen LogP contribution >= 0.6 is 27.5 Å². The predicted molar refractivity (Wildman–Crippen MR) is 93.1 cm³/mol. The Morgan fingerprint density at radius 1 is 1.12 bits per heavy atom. The van der Waals surface area contributed by atoms with Crippen molar-refractivity contribution in [2.24, 2.45) is 0 Å². The molecule has 9 heteroatoms. The first-order chi connectivity index (χ1) is 11.4. The smallest absolute Gasteiger partial charge is 0.318 e. The van der Waals surface area contributed by atoms with Crippen LogP contribution in [0.5, 0.6) is 0 Å². The number of benzene rings is 1. The Bertz CT molecular complexity index is 857. The Labute approximate surface area is 153 Å². The van der Waals surface area contributed by atoms with Crippen molar-refractivity contribution in [3.63, 3.8) is 0 Å². The second kappa shape index (κ2) is 6.70. The fraction of sp³-hybridized carbons (Fsp3) is 0.200. The van der Waals surface area contributed by atoms with Crippen LogP contribution in [0.25, 0.3) is 0 Å². The maximum absolute atomic E-state index is 12.6. The zero-order valence-corrected chi connectivity index (χ0v) is 15.6. The van der Waals surface area contributed by atoms with E-state index in [0.29, 0.717) is 11.7 Å². The van der Waals surface area contributed by atoms with Crippen LogP contribution in [0.4, 0.5) is 4.79 Å². The molecule has 2 amide bonds. The van der Waals surface area contributed by atoms with E-state index < -0.39 is 16.1 Å². The van der Waals surface area contributed by atoms with Crippen molar-refractivity contribution in [3.8, 4) is 0 Å². The summed E-state index contributed by atoms with van der Waals surface area (Å²) in [4.78, 5) is 18.0. The molecule has 24 heavy (non-hydrogen) atoms. The molecule has 2 heterocycles. The summed E-state index contributed by atoms with van der Waals surface area (Å²) in [6, 6.07) is 9.06. The van der Waals surface area contributed by atoms with Crippen molar-refractivity contribution in [1.82, 2.24) is 14.2 Å². The maximum atomic E-state index is 12.6. The molecular formula is C15H13BrClN3O3S. The Morgan fingerprint density at radius 3 is 2.46 bits per heavy atom. The van der Waals surface area contributed by atoms with Crippen LogP contribution < -0.4 is 0 Å². The summed E-state index contributed by atoms with van der Waals surface area (Å²) in [6.45, 7) is 0.741. The van der Waals surface area contributed by atoms with Gasteiger partial charge in [0.25, 0.3) is 10.0 Å². The van der Waals surface area contributed by atoms with Gasteiger partial charge in [-0.2, -0.15) is 0 Å². The van der Waals surface area contributed by atoms with Gasteiger partial charge in [-0.1, -0.05) is 33.6 Å². The molecule has 0 radical (unpaired) electrons. The average molecular weight is 431 g/mol. The van der Waals surface area contributed by atoms with E-state index in [1.165, 1.54) is 17.0 Å². The van der Waals surface area contributed by atoms with E-state index in [-0.39, 0.29) is 18.0 Å². The van der Waals surface area contributed by atoms with Gasteiger partial charge in [0.1, 0.15) is 5.15 Å². The van der Waals surface area contributed by atoms with Gasteiger partial charge in [0, 0.05) is 23.8 Å². The first-order valence-corrected chi connectivity index (χ1v) is 9.67. The Morgan fingerprint density at radius 2 is 1.83 bits per heavy atom. The van der Waals surface area contributed by atoms with Gasteiger partial charge in [0.05, 0.1) is 11.4 Å². The minimum absolute atomic E-state index is 0.0917. The van der Waals surface area contributed by atoms with Gasteiger partial charge in [-0.15, -0.1) is 0 Å². The molecule has 1 aliphatic heterocycles. The molecule has 2 aromatic rings. The monoisotopic (exact) mass is 429 g/mol. The lowest BCUT2D eigenvalue weighted by molar-refractivity contribution is 0.205. The highest BCUT2D eigenvalue weighted by Crippen LogP contribution is 2.23. The molecule has 0 aliphatic carbocycles. The van der Waals surface area contributed by atoms with Gasteiger partial charge in [0.2, 0.25) is 0 Å². The van der Waals surface area contributed by atoms with E-state index in [9.17, 15) is 13.2 Å². The number of hydrogen-bond donors (Lipinski definition) is 0. The zero-order valence-electron chi connectivity index (χ0n) is 12.4. The minimum atomic E-state index is -3.85. The van der Waals surface area contributed by atoms with Crippen LogP contribution in [0.2, 0.25) is 5.15 Å². The number of hydrogen-bond acceptors (Lipinski definition) is 4. The molecular weight excluding hydrogens is 418 g/mol. The molecule has 1 aromatic heterocycles. The predicted octanol–water partition coefficient (Wildman–Crippen LogP) is 3.12. The third-order valence-electron chi connectivity index (χ3n) is 3.62. The van der Waals surface area contributed by atoms with E-state index in [1.807, 2.05) is 0 Å². The summed E-state index contributed by atoms with van der Waals surface area (Å²) >= 11 is 9.00. The molecule has 0 spiro atoms. The van der Waals surface area contributed by atoms with Crippen LogP contribution in [0.3, 0.4) is 0 Å². The molecule has 126 valence electrons. The van der Waals surface area contributed by atoms with Crippen LogP contribution in [-0.2, 0) is 16.6 Å². The number of aromatic nitrogens is 1. The number of amides is 2. The van der Waals surface area contributed by atoms with Crippen LogP contribution in [0.15, 0.2) is 52.0 Å². The van der Waals surface area contributed by atoms with Crippen molar-refractivity contribution in [2.75, 3.05) is 13.1 Å². The number of carbonyl (C=O) groups excluding carboxylic acids is 1. The summed E-state index contributed by atoms with van der Waals surface area (Å²) in [7, 11) is -3.85. The highest BCUT2D eigenvalue weighted by molar-refractivity contribution is 9.10. The maximum Gasteiger partial charge on any atom is 0.334 e. The number of urea groups is 1. The number of sulfonamides is 1. The van der Waals surface area contributed by atoms with E-state index >= 15 is 0 Å². The van der Waals surface area contributed by atoms with Gasteiger partial charge in [0.15, 0.2) is 0 Å². The number of nitrogens with zero attached hydrogens (tertiary/aromatic N) is 3. The first kappa shape index (κ1) is 17.2. The minimum Gasteiger partial charge on any atom is -0.318 e. The van der Waals surface area contributed by atoms with Gasteiger partial charge < -0.3 is 4.90 Å². The lowest BCUT2D eigenvalue weighted by Gasteiger charge is -2.18. The average Bonchev–Trinajstić information content (AvgIpc) is 2.92. The largest absolute Gasteiger partial charge is 0.334 e. The lowest BCUT2D eigenvalue weighted by Crippen LogP contribution is -2.36. The summed E-state index contributed by atoms with van der Waals surface area (Å²) in [6.07, 6.45) is 1.57. The summed E-state index contributed by atoms with van der Waals surface area (Å²) in [5, 5.41) is 0.367. The quantitative estimate of drug-likeness (QED) is 0.699. The second-order valence-electron chi connectivity index (χ2n) is 5.22. The third-order valence-corrected chi connectivity index (χ3v) is 6.16. The molecule has 0 atom stereocenters. The zero-order chi connectivity index (χ0) is 17.3. The van der Waals surface area contributed by atoms with Crippen molar-refractivity contribution >= 4 is 43.6 Å². The van der Waals surface area contributed by atoms with E-state index in [4.69, 9.17) is 11.6 Å². The number of halogens is 2. The summed E-state index contributed by atoms with van der Waals surface area (Å²) in [5.41, 5.74) is 0.788. The molecule has 0 saturated carbocycles. The van der Waals surface area contributed by atoms with Crippen molar-refractivity contribution in [2.45, 2.75) is 11.4 Å². The molecule has 0 N–H and O–H groups in total. The first-order valence-electron chi connectivity index (χ1n) is 7.05. The van der Waals surface area contributed by atoms with Crippen LogP contribution in [-0.4, -0.2) is 41.7 Å². The summed E-state index contributed by atoms with van der Waals surface area (Å²) < 4.78 is 26.9. The Hall–Kier alpha value is -1.64. The standard InChI is InChI=1S/C15H13BrClN3O3S/c16-12-2-4-13(5-3-12)24(22,23)20-8-7-19(15(20)21)10-11-1-6-14(17)18-9-11/h1-6,9H,7-8,10H2. The lowest BCUT2D eigenvalue weighted by atomic mass is 10.3. The highest BCUT2D eigenvalue weighted by atomic mass is 79.9. The number of pyridine rings is 1. The topological polar surface area (TPSA) is 70.6 Å². The summed E-state index contributed by atoms with van der Waals surface area (Å²) in [5.74, 6) is 0. The van der Waals surface area contributed by atoms with E-state index in [0.717, 1.165) is 14.3 Å². The number of rotatable bonds is 4. The fourth-order valence-electron chi connectivity index (χ4n) is 2.38. The van der Waals surface area contributed by atoms with Gasteiger partial charge in [-0.25, -0.2) is 22.5 Å². The Kier molecular flexibility index (Phi) is 4.80. The van der Waals surface area contributed by atoms with Gasteiger partial charge in [-0.3, -0.25) is 0 Å². The fourth-order valence-corrected chi connectivity index (χ4v) is 4.14. The Balaban J connectivity index is 1.78. The number of carbonyl (C=O) groups is 1. The van der Waals surface area contributed by atoms with E-state index in [1.54, 1.807) is 30.5 Å². The van der Waals surface area contributed by atoms with Crippen molar-refractivity contribution in [1.29, 1.82) is 0 Å². The molecule has 6 nitrogen and oxygen atoms in total. The molecule has 1 aromatic carbocycles. The van der Waals surface area contributed by atoms with Gasteiger partial charge in [-0.05, 0) is 35.9 Å². The third kappa shape index (κ3) is 3.40. The molecule has 1 aliphatic rings. The van der Waals surface area contributed by atoms with Crippen LogP contribution in [0, 0.1) is 0 Å². The molecule has 0 unspecified atom stereocenters. The van der Waals surface area contributed by atoms with Crippen LogP contribution in [0.1, 0.15) is 5.56 Å². The molecule has 3 rings (SSSR count). The van der Waals surface area contributed by atoms with Gasteiger partial charge >= 0.3 is 6.03 Å². The SMILES string of the molecule is O=C1N(Cc2ccc(Cl)nc2)CCN1S(=O)(=O)c1ccc(Br)cc1. The van der Waals surface area contributed by atoms with Crippen molar-refractivity contribution in [3.05, 3.63) is 57.8 Å². The van der Waals surface area contributed by atoms with E-state index in [2.05, 4.69) is 20.9 Å². The normalized spacial score (nSPS) is 15.2. The second-order valence-corrected chi connectivity index (χ2v) is 8.39. The molecule has 1 fully saturated rings. The highest BCUT2D eigenvalue weighted by Gasteiger charge is 2.37. The molecule has 1 saturated heterocycles.